The number of hydrogen-bond acceptors (Lipinski definition) is 4. The lowest BCUT2D eigenvalue weighted by Crippen LogP contribution is -2.08. The highest BCUT2D eigenvalue weighted by Gasteiger charge is 2.04. The van der Waals surface area contributed by atoms with E-state index in [0.717, 1.165) is 30.6 Å². The summed E-state index contributed by atoms with van der Waals surface area (Å²) in [7, 11) is 1.63. The third kappa shape index (κ3) is 7.14. The maximum atomic E-state index is 11.5. The molecule has 1 aromatic rings. The van der Waals surface area contributed by atoms with Gasteiger partial charge in [-0.3, -0.25) is 4.79 Å². The lowest BCUT2D eigenvalue weighted by Gasteiger charge is -2.06. The molecule has 0 aliphatic rings. The molecule has 4 heteroatoms. The SMILES string of the molecule is COc1ccc(CCC(=O)OCCCCC(C)O)cc1. The molecule has 0 heterocycles. The van der Waals surface area contributed by atoms with Crippen LogP contribution in [-0.2, 0) is 16.0 Å². The largest absolute Gasteiger partial charge is 0.497 e. The second-order valence-corrected chi connectivity index (χ2v) is 4.91. The average Bonchev–Trinajstić information content (AvgIpc) is 2.45. The van der Waals surface area contributed by atoms with Crippen molar-refractivity contribution in [3.05, 3.63) is 29.8 Å². The number of carbonyl (C=O) groups excluding carboxylic acids is 1. The minimum Gasteiger partial charge on any atom is -0.497 e. The molecule has 1 atom stereocenters. The Morgan fingerprint density at radius 3 is 2.55 bits per heavy atom. The Hall–Kier alpha value is -1.55. The Morgan fingerprint density at radius 2 is 1.95 bits per heavy atom. The van der Waals surface area contributed by atoms with E-state index in [0.29, 0.717) is 19.4 Å². The number of aryl methyl sites for hydroxylation is 1. The lowest BCUT2D eigenvalue weighted by molar-refractivity contribution is -0.143. The van der Waals surface area contributed by atoms with Crippen molar-refractivity contribution >= 4 is 5.97 Å². The van der Waals surface area contributed by atoms with Gasteiger partial charge in [0.2, 0.25) is 0 Å². The van der Waals surface area contributed by atoms with E-state index >= 15 is 0 Å². The Kier molecular flexibility index (Phi) is 7.73. The first-order chi connectivity index (χ1) is 9.61. The van der Waals surface area contributed by atoms with Crippen LogP contribution in [0.2, 0.25) is 0 Å². The first kappa shape index (κ1) is 16.5. The van der Waals surface area contributed by atoms with Crippen LogP contribution < -0.4 is 4.74 Å². The number of ether oxygens (including phenoxy) is 2. The van der Waals surface area contributed by atoms with E-state index in [9.17, 15) is 4.79 Å². The van der Waals surface area contributed by atoms with Gasteiger partial charge in [-0.05, 0) is 50.3 Å². The molecule has 0 saturated carbocycles. The summed E-state index contributed by atoms with van der Waals surface area (Å²) in [5, 5.41) is 9.09. The Labute approximate surface area is 120 Å². The highest BCUT2D eigenvalue weighted by Crippen LogP contribution is 2.12. The van der Waals surface area contributed by atoms with Crippen LogP contribution in [0.4, 0.5) is 0 Å². The van der Waals surface area contributed by atoms with Gasteiger partial charge in [0.05, 0.1) is 19.8 Å². The summed E-state index contributed by atoms with van der Waals surface area (Å²) < 4.78 is 10.2. The van der Waals surface area contributed by atoms with Crippen LogP contribution in [0.15, 0.2) is 24.3 Å². The van der Waals surface area contributed by atoms with Crippen LogP contribution in [0.3, 0.4) is 0 Å². The second-order valence-electron chi connectivity index (χ2n) is 4.91. The summed E-state index contributed by atoms with van der Waals surface area (Å²) in [5.41, 5.74) is 1.09. The molecule has 0 amide bonds. The summed E-state index contributed by atoms with van der Waals surface area (Å²) in [6.07, 6.45) is 3.23. The second kappa shape index (κ2) is 9.37. The number of aliphatic hydroxyl groups is 1. The Morgan fingerprint density at radius 1 is 1.25 bits per heavy atom. The standard InChI is InChI=1S/C16H24O4/c1-13(17)5-3-4-12-20-16(18)11-8-14-6-9-15(19-2)10-7-14/h6-7,9-10,13,17H,3-5,8,11-12H2,1-2H3. The molecule has 0 bridgehead atoms. The average molecular weight is 280 g/mol. The molecule has 0 aromatic heterocycles. The Bertz CT molecular complexity index is 384. The van der Waals surface area contributed by atoms with Crippen molar-refractivity contribution in [3.8, 4) is 5.75 Å². The quantitative estimate of drug-likeness (QED) is 0.558. The van der Waals surface area contributed by atoms with E-state index in [-0.39, 0.29) is 12.1 Å². The van der Waals surface area contributed by atoms with Crippen LogP contribution in [0.25, 0.3) is 0 Å². The number of carbonyl (C=O) groups is 1. The zero-order valence-electron chi connectivity index (χ0n) is 12.3. The molecule has 0 spiro atoms. The first-order valence-corrected chi connectivity index (χ1v) is 7.08. The van der Waals surface area contributed by atoms with Crippen molar-refractivity contribution in [1.82, 2.24) is 0 Å². The molecule has 20 heavy (non-hydrogen) atoms. The van der Waals surface area contributed by atoms with Gasteiger partial charge in [-0.1, -0.05) is 12.1 Å². The van der Waals surface area contributed by atoms with Gasteiger partial charge in [0.1, 0.15) is 5.75 Å². The van der Waals surface area contributed by atoms with E-state index in [1.165, 1.54) is 0 Å². The highest BCUT2D eigenvalue weighted by molar-refractivity contribution is 5.69. The molecule has 0 fully saturated rings. The third-order valence-electron chi connectivity index (χ3n) is 3.06. The maximum absolute atomic E-state index is 11.5. The molecule has 1 unspecified atom stereocenters. The molecule has 1 N–H and O–H groups in total. The predicted molar refractivity (Wildman–Crippen MR) is 77.8 cm³/mol. The number of rotatable bonds is 9. The molecule has 0 aliphatic carbocycles. The molecule has 0 radical (unpaired) electrons. The fourth-order valence-corrected chi connectivity index (χ4v) is 1.84. The van der Waals surface area contributed by atoms with Crippen LogP contribution >= 0.6 is 0 Å². The van der Waals surface area contributed by atoms with Crippen LogP contribution in [0, 0.1) is 0 Å². The summed E-state index contributed by atoms with van der Waals surface area (Å²) in [5.74, 6) is 0.646. The summed E-state index contributed by atoms with van der Waals surface area (Å²) >= 11 is 0. The zero-order valence-corrected chi connectivity index (χ0v) is 12.3. The van der Waals surface area contributed by atoms with Crippen molar-refractivity contribution in [2.75, 3.05) is 13.7 Å². The number of unbranched alkanes of at least 4 members (excludes halogenated alkanes) is 1. The van der Waals surface area contributed by atoms with E-state index in [1.807, 2.05) is 24.3 Å². The van der Waals surface area contributed by atoms with E-state index in [2.05, 4.69) is 0 Å². The van der Waals surface area contributed by atoms with Crippen molar-refractivity contribution in [2.45, 2.75) is 45.1 Å². The van der Waals surface area contributed by atoms with Crippen molar-refractivity contribution in [1.29, 1.82) is 0 Å². The van der Waals surface area contributed by atoms with Gasteiger partial charge in [0.15, 0.2) is 0 Å². The third-order valence-corrected chi connectivity index (χ3v) is 3.06. The number of hydrogen-bond donors (Lipinski definition) is 1. The smallest absolute Gasteiger partial charge is 0.306 e. The van der Waals surface area contributed by atoms with Gasteiger partial charge in [-0.15, -0.1) is 0 Å². The molecule has 4 nitrogen and oxygen atoms in total. The van der Waals surface area contributed by atoms with Crippen LogP contribution in [-0.4, -0.2) is 30.9 Å². The van der Waals surface area contributed by atoms with Crippen molar-refractivity contribution in [3.63, 3.8) is 0 Å². The number of aliphatic hydroxyl groups excluding tert-OH is 1. The fourth-order valence-electron chi connectivity index (χ4n) is 1.84. The minimum atomic E-state index is -0.277. The molecule has 112 valence electrons. The summed E-state index contributed by atoms with van der Waals surface area (Å²) in [6, 6.07) is 7.68. The monoisotopic (exact) mass is 280 g/mol. The molecule has 1 rings (SSSR count). The molecular weight excluding hydrogens is 256 g/mol. The number of methoxy groups -OCH3 is 1. The van der Waals surface area contributed by atoms with E-state index in [1.54, 1.807) is 14.0 Å². The first-order valence-electron chi connectivity index (χ1n) is 7.08. The van der Waals surface area contributed by atoms with Crippen LogP contribution in [0.5, 0.6) is 5.75 Å². The minimum absolute atomic E-state index is 0.169. The van der Waals surface area contributed by atoms with E-state index < -0.39 is 0 Å². The molecule has 1 aromatic carbocycles. The van der Waals surface area contributed by atoms with Gasteiger partial charge < -0.3 is 14.6 Å². The summed E-state index contributed by atoms with van der Waals surface area (Å²) in [6.45, 7) is 2.20. The van der Waals surface area contributed by atoms with Gasteiger partial charge in [-0.2, -0.15) is 0 Å². The summed E-state index contributed by atoms with van der Waals surface area (Å²) in [4.78, 5) is 11.5. The van der Waals surface area contributed by atoms with Gasteiger partial charge in [0.25, 0.3) is 0 Å². The number of benzene rings is 1. The Balaban J connectivity index is 2.13. The number of esters is 1. The van der Waals surface area contributed by atoms with E-state index in [4.69, 9.17) is 14.6 Å². The predicted octanol–water partition coefficient (Wildman–Crippen LogP) is 2.72. The molecular formula is C16H24O4. The topological polar surface area (TPSA) is 55.8 Å². The highest BCUT2D eigenvalue weighted by atomic mass is 16.5. The normalized spacial score (nSPS) is 11.9. The van der Waals surface area contributed by atoms with Gasteiger partial charge in [0, 0.05) is 6.42 Å². The lowest BCUT2D eigenvalue weighted by atomic mass is 10.1. The van der Waals surface area contributed by atoms with Crippen molar-refractivity contribution < 1.29 is 19.4 Å². The zero-order chi connectivity index (χ0) is 14.8. The van der Waals surface area contributed by atoms with Gasteiger partial charge in [-0.25, -0.2) is 0 Å². The maximum Gasteiger partial charge on any atom is 0.306 e. The molecule has 0 saturated heterocycles. The van der Waals surface area contributed by atoms with Crippen LogP contribution in [0.1, 0.15) is 38.2 Å². The van der Waals surface area contributed by atoms with Crippen molar-refractivity contribution in [2.24, 2.45) is 0 Å². The van der Waals surface area contributed by atoms with Gasteiger partial charge >= 0.3 is 5.97 Å². The molecule has 0 aliphatic heterocycles. The fraction of sp³-hybridized carbons (Fsp3) is 0.562.